The first-order valence-electron chi connectivity index (χ1n) is 7.25. The minimum Gasteiger partial charge on any atom is -0.317 e. The molecule has 1 N–H and O–H groups in total. The summed E-state index contributed by atoms with van der Waals surface area (Å²) in [5.74, 6) is -0.360. The normalized spacial score (nSPS) is 12.4. The van der Waals surface area contributed by atoms with Gasteiger partial charge in [0.1, 0.15) is 5.82 Å². The Bertz CT molecular complexity index is 580. The molecule has 0 saturated heterocycles. The average molecular weight is 306 g/mol. The fourth-order valence-electron chi connectivity index (χ4n) is 2.40. The highest BCUT2D eigenvalue weighted by molar-refractivity contribution is 6.30. The van der Waals surface area contributed by atoms with Crippen LogP contribution in [0.3, 0.4) is 0 Å². The van der Waals surface area contributed by atoms with Gasteiger partial charge in [0.2, 0.25) is 0 Å². The number of halogens is 2. The molecule has 0 amide bonds. The molecule has 0 aromatic heterocycles. The molecule has 3 heteroatoms. The van der Waals surface area contributed by atoms with Crippen LogP contribution < -0.4 is 5.32 Å². The Hall–Kier alpha value is -1.38. The predicted molar refractivity (Wildman–Crippen MR) is 87.5 cm³/mol. The van der Waals surface area contributed by atoms with Gasteiger partial charge in [-0.2, -0.15) is 0 Å². The van der Waals surface area contributed by atoms with Crippen LogP contribution in [0.2, 0.25) is 5.02 Å². The van der Waals surface area contributed by atoms with Crippen molar-refractivity contribution in [2.75, 3.05) is 7.05 Å². The molecule has 0 saturated carbocycles. The Kier molecular flexibility index (Phi) is 5.77. The number of nitrogens with one attached hydrogen (secondary N) is 1. The smallest absolute Gasteiger partial charge is 0.141 e. The molecule has 0 aliphatic heterocycles. The highest BCUT2D eigenvalue weighted by atomic mass is 35.5. The van der Waals surface area contributed by atoms with Gasteiger partial charge in [0.15, 0.2) is 0 Å². The highest BCUT2D eigenvalue weighted by Crippen LogP contribution is 2.18. The van der Waals surface area contributed by atoms with Crippen LogP contribution in [0.1, 0.15) is 23.1 Å². The third kappa shape index (κ3) is 4.83. The molecule has 1 nitrogen and oxygen atoms in total. The van der Waals surface area contributed by atoms with E-state index < -0.39 is 0 Å². The van der Waals surface area contributed by atoms with Gasteiger partial charge in [-0.05, 0) is 56.5 Å². The third-order valence-corrected chi connectivity index (χ3v) is 4.07. The van der Waals surface area contributed by atoms with Crippen LogP contribution in [0.15, 0.2) is 42.5 Å². The van der Waals surface area contributed by atoms with Gasteiger partial charge in [0.05, 0.1) is 5.02 Å². The number of likely N-dealkylation sites (N-methyl/N-ethyl adjacent to an activating group) is 1. The van der Waals surface area contributed by atoms with Crippen molar-refractivity contribution >= 4 is 11.6 Å². The number of rotatable bonds is 6. The summed E-state index contributed by atoms with van der Waals surface area (Å²) >= 11 is 5.83. The molecule has 0 fully saturated rings. The second-order valence-electron chi connectivity index (χ2n) is 5.46. The maximum absolute atomic E-state index is 13.2. The standard InChI is InChI=1S/C18H21ClFN/c1-13-3-5-14(6-4-13)7-9-16(21-2)11-15-8-10-18(20)17(19)12-15/h3-6,8,10,12,16,21H,7,9,11H2,1-2H3. The first-order valence-corrected chi connectivity index (χ1v) is 7.63. The maximum Gasteiger partial charge on any atom is 0.141 e. The molecule has 112 valence electrons. The molecule has 2 aromatic carbocycles. The lowest BCUT2D eigenvalue weighted by molar-refractivity contribution is 0.519. The van der Waals surface area contributed by atoms with Crippen molar-refractivity contribution in [3.8, 4) is 0 Å². The van der Waals surface area contributed by atoms with Gasteiger partial charge in [-0.3, -0.25) is 0 Å². The van der Waals surface area contributed by atoms with E-state index in [1.807, 2.05) is 7.05 Å². The Morgan fingerprint density at radius 1 is 1.10 bits per heavy atom. The van der Waals surface area contributed by atoms with E-state index in [0.717, 1.165) is 24.8 Å². The van der Waals surface area contributed by atoms with Gasteiger partial charge in [-0.15, -0.1) is 0 Å². The summed E-state index contributed by atoms with van der Waals surface area (Å²) in [7, 11) is 1.96. The molecule has 1 atom stereocenters. The van der Waals surface area contributed by atoms with Crippen LogP contribution in [0.25, 0.3) is 0 Å². The van der Waals surface area contributed by atoms with Crippen molar-refractivity contribution in [2.24, 2.45) is 0 Å². The molecular formula is C18H21ClFN. The van der Waals surface area contributed by atoms with E-state index in [2.05, 4.69) is 36.5 Å². The zero-order valence-corrected chi connectivity index (χ0v) is 13.3. The van der Waals surface area contributed by atoms with Gasteiger partial charge >= 0.3 is 0 Å². The van der Waals surface area contributed by atoms with Gasteiger partial charge in [-0.25, -0.2) is 4.39 Å². The van der Waals surface area contributed by atoms with Crippen molar-refractivity contribution < 1.29 is 4.39 Å². The molecule has 0 aliphatic carbocycles. The minimum absolute atomic E-state index is 0.195. The van der Waals surface area contributed by atoms with Gasteiger partial charge in [0, 0.05) is 6.04 Å². The molecule has 2 rings (SSSR count). The summed E-state index contributed by atoms with van der Waals surface area (Å²) < 4.78 is 13.2. The molecule has 2 aromatic rings. The third-order valence-electron chi connectivity index (χ3n) is 3.78. The van der Waals surface area contributed by atoms with Gasteiger partial charge < -0.3 is 5.32 Å². The zero-order chi connectivity index (χ0) is 15.2. The van der Waals surface area contributed by atoms with E-state index >= 15 is 0 Å². The van der Waals surface area contributed by atoms with Crippen LogP contribution >= 0.6 is 11.6 Å². The molecule has 0 heterocycles. The predicted octanol–water partition coefficient (Wildman–Crippen LogP) is 4.55. The van der Waals surface area contributed by atoms with E-state index in [4.69, 9.17) is 11.6 Å². The number of hydrogen-bond acceptors (Lipinski definition) is 1. The average Bonchev–Trinajstić information content (AvgIpc) is 2.49. The zero-order valence-electron chi connectivity index (χ0n) is 12.5. The number of aryl methyl sites for hydroxylation is 2. The Balaban J connectivity index is 1.93. The molecular weight excluding hydrogens is 285 g/mol. The fourth-order valence-corrected chi connectivity index (χ4v) is 2.60. The lowest BCUT2D eigenvalue weighted by atomic mass is 9.99. The lowest BCUT2D eigenvalue weighted by Gasteiger charge is -2.16. The Morgan fingerprint density at radius 2 is 1.76 bits per heavy atom. The lowest BCUT2D eigenvalue weighted by Crippen LogP contribution is -2.28. The van der Waals surface area contributed by atoms with Gasteiger partial charge in [-0.1, -0.05) is 47.5 Å². The van der Waals surface area contributed by atoms with E-state index in [1.165, 1.54) is 17.2 Å². The summed E-state index contributed by atoms with van der Waals surface area (Å²) in [5, 5.41) is 3.52. The Labute approximate surface area is 131 Å². The van der Waals surface area contributed by atoms with Crippen molar-refractivity contribution in [3.63, 3.8) is 0 Å². The maximum atomic E-state index is 13.2. The van der Waals surface area contributed by atoms with Gasteiger partial charge in [0.25, 0.3) is 0 Å². The van der Waals surface area contributed by atoms with Crippen molar-refractivity contribution in [2.45, 2.75) is 32.2 Å². The van der Waals surface area contributed by atoms with Crippen molar-refractivity contribution in [1.29, 1.82) is 0 Å². The summed E-state index contributed by atoms with van der Waals surface area (Å²) in [6.07, 6.45) is 2.91. The first-order chi connectivity index (χ1) is 10.1. The SMILES string of the molecule is CNC(CCc1ccc(C)cc1)Cc1ccc(F)c(Cl)c1. The summed E-state index contributed by atoms with van der Waals surface area (Å²) in [5.41, 5.74) is 3.69. The number of benzene rings is 2. The summed E-state index contributed by atoms with van der Waals surface area (Å²) in [6, 6.07) is 13.9. The molecule has 0 spiro atoms. The second kappa shape index (κ2) is 7.58. The molecule has 1 unspecified atom stereocenters. The monoisotopic (exact) mass is 305 g/mol. The minimum atomic E-state index is -0.360. The van der Waals surface area contributed by atoms with Crippen LogP contribution in [0.4, 0.5) is 4.39 Å². The van der Waals surface area contributed by atoms with Crippen LogP contribution in [-0.4, -0.2) is 13.1 Å². The van der Waals surface area contributed by atoms with E-state index in [9.17, 15) is 4.39 Å². The van der Waals surface area contributed by atoms with Crippen LogP contribution in [-0.2, 0) is 12.8 Å². The second-order valence-corrected chi connectivity index (χ2v) is 5.87. The molecule has 21 heavy (non-hydrogen) atoms. The first kappa shape index (κ1) is 16.0. The molecule has 0 radical (unpaired) electrons. The summed E-state index contributed by atoms with van der Waals surface area (Å²) in [6.45, 7) is 2.10. The van der Waals surface area contributed by atoms with E-state index in [1.54, 1.807) is 12.1 Å². The van der Waals surface area contributed by atoms with Crippen molar-refractivity contribution in [3.05, 3.63) is 70.0 Å². The Morgan fingerprint density at radius 3 is 2.38 bits per heavy atom. The quantitative estimate of drug-likeness (QED) is 0.825. The van der Waals surface area contributed by atoms with Crippen LogP contribution in [0.5, 0.6) is 0 Å². The number of hydrogen-bond donors (Lipinski definition) is 1. The summed E-state index contributed by atoms with van der Waals surface area (Å²) in [4.78, 5) is 0. The largest absolute Gasteiger partial charge is 0.317 e. The fraction of sp³-hybridized carbons (Fsp3) is 0.333. The van der Waals surface area contributed by atoms with Crippen LogP contribution in [0, 0.1) is 12.7 Å². The van der Waals surface area contributed by atoms with E-state index in [-0.39, 0.29) is 10.8 Å². The van der Waals surface area contributed by atoms with E-state index in [0.29, 0.717) is 6.04 Å². The molecule has 0 aliphatic rings. The van der Waals surface area contributed by atoms with Crippen molar-refractivity contribution in [1.82, 2.24) is 5.32 Å². The highest BCUT2D eigenvalue weighted by Gasteiger charge is 2.09. The topological polar surface area (TPSA) is 12.0 Å². The molecule has 0 bridgehead atoms.